The van der Waals surface area contributed by atoms with Crippen LogP contribution in [0.3, 0.4) is 0 Å². The highest BCUT2D eigenvalue weighted by Crippen LogP contribution is 2.42. The van der Waals surface area contributed by atoms with Crippen molar-refractivity contribution in [3.63, 3.8) is 0 Å². The molecule has 1 aromatic heterocycles. The minimum Gasteiger partial charge on any atom is -0.459 e. The van der Waals surface area contributed by atoms with Crippen LogP contribution in [0.25, 0.3) is 11.1 Å². The lowest BCUT2D eigenvalue weighted by Gasteiger charge is -2.47. The Balaban J connectivity index is 1.66. The third kappa shape index (κ3) is 10.4. The number of ether oxygens (including phenoxy) is 4. The van der Waals surface area contributed by atoms with Crippen LogP contribution in [0.4, 0.5) is 6.01 Å². The van der Waals surface area contributed by atoms with Crippen molar-refractivity contribution in [2.24, 2.45) is 39.7 Å². The maximum atomic E-state index is 14.5. The molecular formula is C43H65N5O11. The van der Waals surface area contributed by atoms with Gasteiger partial charge in [-0.2, -0.15) is 4.98 Å². The van der Waals surface area contributed by atoms with E-state index in [0.29, 0.717) is 35.4 Å². The van der Waals surface area contributed by atoms with E-state index in [0.717, 1.165) is 5.56 Å². The third-order valence-electron chi connectivity index (χ3n) is 12.7. The number of oxazole rings is 1. The lowest BCUT2D eigenvalue weighted by molar-refractivity contribution is -0.296. The molecule has 2 bridgehead atoms. The van der Waals surface area contributed by atoms with E-state index in [1.807, 2.05) is 52.8 Å². The van der Waals surface area contributed by atoms with Gasteiger partial charge in [0, 0.05) is 30.5 Å². The van der Waals surface area contributed by atoms with Crippen LogP contribution in [0, 0.1) is 29.6 Å². The zero-order valence-electron chi connectivity index (χ0n) is 36.5. The molecule has 59 heavy (non-hydrogen) atoms. The molecule has 3 aliphatic heterocycles. The first kappa shape index (κ1) is 46.3. The number of rotatable bonds is 7. The number of nitrogens with zero attached hydrogens (tertiary/aromatic N) is 4. The van der Waals surface area contributed by atoms with Gasteiger partial charge in [-0.25, -0.2) is 4.99 Å². The number of nitrogens with two attached hydrogens (primary N) is 1. The number of cyclic esters (lactones) is 1. The molecular weight excluding hydrogens is 762 g/mol. The largest absolute Gasteiger partial charge is 0.459 e. The number of carbonyl (C=O) groups is 3. The average Bonchev–Trinajstić information content (AvgIpc) is 3.54. The van der Waals surface area contributed by atoms with E-state index in [4.69, 9.17) is 33.9 Å². The number of hydrogen-bond acceptors (Lipinski definition) is 15. The van der Waals surface area contributed by atoms with Gasteiger partial charge in [0.15, 0.2) is 17.7 Å². The molecule has 2 aromatic rings. The van der Waals surface area contributed by atoms with Crippen molar-refractivity contribution in [1.82, 2.24) is 9.88 Å². The number of aliphatic hydroxyl groups excluding tert-OH is 1. The lowest BCUT2D eigenvalue weighted by Crippen LogP contribution is -2.59. The summed E-state index contributed by atoms with van der Waals surface area (Å²) in [7, 11) is 3.74. The number of hydrogen-bond donors (Lipinski definition) is 3. The molecule has 328 valence electrons. The van der Waals surface area contributed by atoms with Crippen LogP contribution < -0.4 is 5.73 Å². The number of aliphatic imine (C=N–C) groups is 1. The van der Waals surface area contributed by atoms with Gasteiger partial charge in [0.25, 0.3) is 6.01 Å². The number of oxime groups is 1. The average molecular weight is 828 g/mol. The van der Waals surface area contributed by atoms with Crippen molar-refractivity contribution in [1.29, 1.82) is 0 Å². The molecule has 16 heteroatoms. The molecule has 3 saturated heterocycles. The van der Waals surface area contributed by atoms with Crippen molar-refractivity contribution in [3.05, 3.63) is 23.8 Å². The van der Waals surface area contributed by atoms with Crippen LogP contribution in [0.2, 0.25) is 0 Å². The molecule has 0 radical (unpaired) electrons. The Morgan fingerprint density at radius 3 is 2.49 bits per heavy atom. The molecule has 5 rings (SSSR count). The third-order valence-corrected chi connectivity index (χ3v) is 12.7. The second kappa shape index (κ2) is 18.9. The molecule has 0 aliphatic carbocycles. The Bertz CT molecular complexity index is 1880. The van der Waals surface area contributed by atoms with Gasteiger partial charge in [-0.05, 0) is 103 Å². The molecule has 0 unspecified atom stereocenters. The quantitative estimate of drug-likeness (QED) is 0.193. The summed E-state index contributed by atoms with van der Waals surface area (Å²) in [5.41, 5.74) is 5.66. The number of fused-ring (bicyclic) bond motifs is 6. The Hall–Kier alpha value is -3.80. The van der Waals surface area contributed by atoms with Gasteiger partial charge in [0.1, 0.15) is 35.9 Å². The van der Waals surface area contributed by atoms with Crippen LogP contribution in [-0.4, -0.2) is 118 Å². The summed E-state index contributed by atoms with van der Waals surface area (Å²) in [5, 5.41) is 28.8. The minimum absolute atomic E-state index is 0.0567. The highest BCUT2D eigenvalue weighted by molar-refractivity contribution is 6.00. The molecule has 1 aromatic carbocycles. The Morgan fingerprint density at radius 2 is 1.83 bits per heavy atom. The number of benzene rings is 1. The van der Waals surface area contributed by atoms with E-state index in [1.54, 1.807) is 32.9 Å². The summed E-state index contributed by atoms with van der Waals surface area (Å²) < 4.78 is 31.5. The van der Waals surface area contributed by atoms with Crippen molar-refractivity contribution < 1.29 is 52.8 Å². The molecule has 1 amide bonds. The highest BCUT2D eigenvalue weighted by Gasteiger charge is 2.52. The molecule has 0 spiro atoms. The summed E-state index contributed by atoms with van der Waals surface area (Å²) in [4.78, 5) is 57.9. The van der Waals surface area contributed by atoms with E-state index in [1.165, 1.54) is 13.8 Å². The number of esters is 1. The maximum Gasteiger partial charge on any atom is 0.316 e. The van der Waals surface area contributed by atoms with E-state index in [-0.39, 0.29) is 50.6 Å². The number of anilines is 1. The second-order valence-corrected chi connectivity index (χ2v) is 17.6. The Labute approximate surface area is 347 Å². The van der Waals surface area contributed by atoms with Gasteiger partial charge < -0.3 is 49.0 Å². The molecule has 16 nitrogen and oxygen atoms in total. The summed E-state index contributed by atoms with van der Waals surface area (Å²) in [5.74, 6) is -5.49. The number of nitrogen functional groups attached to an aromatic ring is 1. The van der Waals surface area contributed by atoms with Crippen LogP contribution in [0.1, 0.15) is 100.0 Å². The number of Topliss-reactive ketones (excluding diaryl/α,β-unsaturated/α-hetero) is 1. The standard InChI is InChI=1S/C43H65N5O11/c1-12-34-43(9,53)30-15-14-29(47-55-20-28-13-16-33-31(18-28)46-41(44)57-33)21-54-42(8,19-22(2)35(24(30)4)45-27(7)49)38(25(5)36(50)26(6)39(52)58-34)59-40-37(51)32(48(10)11)17-23(3)56-40/h13,16,18,22-26,30,32,34,37-38,40,51,53H,12,14-15,17,19-21H2,1-11H3,(H2,44,46)/b45-35?,47-29+/t22-,23-,24-,25+,26-,30-,32+,34-,37-,38-,40+,42-,43+/m1/s1. The summed E-state index contributed by atoms with van der Waals surface area (Å²) in [6, 6.07) is 5.12. The summed E-state index contributed by atoms with van der Waals surface area (Å²) in [6.07, 6.45) is -3.11. The van der Waals surface area contributed by atoms with Crippen molar-refractivity contribution in [2.45, 2.75) is 149 Å². The predicted octanol–water partition coefficient (Wildman–Crippen LogP) is 4.86. The SMILES string of the molecule is CC[C@H]1OC(=O)[C@H](C)C(=O)[C@H](C)[C@@H](O[C@@H]2O[C@H](C)C[C@H](N(C)C)[C@H]2O)[C@@]2(C)C[C@@H](C)C(=NC(C)=O)[C@H](C)[C@@H](CC/C(=N\OCc3ccc4oc(N)nc4c3)CO2)[C@]1(C)O. The van der Waals surface area contributed by atoms with Crippen LogP contribution in [0.15, 0.2) is 32.8 Å². The van der Waals surface area contributed by atoms with Crippen LogP contribution in [0.5, 0.6) is 0 Å². The number of ketones is 1. The van der Waals surface area contributed by atoms with E-state index in [2.05, 4.69) is 15.1 Å². The number of aliphatic hydroxyl groups is 2. The first-order chi connectivity index (χ1) is 27.7. The zero-order chi connectivity index (χ0) is 43.6. The summed E-state index contributed by atoms with van der Waals surface area (Å²) in [6.45, 7) is 15.6. The molecule has 4 heterocycles. The minimum atomic E-state index is -1.64. The van der Waals surface area contributed by atoms with Gasteiger partial charge in [-0.1, -0.05) is 38.9 Å². The van der Waals surface area contributed by atoms with E-state index < -0.39 is 83.1 Å². The molecule has 4 N–H and O–H groups in total. The molecule has 13 atom stereocenters. The Kier molecular flexibility index (Phi) is 14.8. The van der Waals surface area contributed by atoms with Gasteiger partial charge in [0.05, 0.1) is 30.1 Å². The topological polar surface area (TPSA) is 218 Å². The van der Waals surface area contributed by atoms with Gasteiger partial charge in [-0.15, -0.1) is 0 Å². The molecule has 3 fully saturated rings. The van der Waals surface area contributed by atoms with Crippen molar-refractivity contribution in [2.75, 3.05) is 26.4 Å². The fraction of sp³-hybridized carbons (Fsp3) is 0.721. The molecule has 0 saturated carbocycles. The second-order valence-electron chi connectivity index (χ2n) is 17.6. The lowest BCUT2D eigenvalue weighted by atomic mass is 9.68. The maximum absolute atomic E-state index is 14.5. The predicted molar refractivity (Wildman–Crippen MR) is 220 cm³/mol. The highest BCUT2D eigenvalue weighted by atomic mass is 16.7. The first-order valence-corrected chi connectivity index (χ1v) is 20.8. The smallest absolute Gasteiger partial charge is 0.316 e. The summed E-state index contributed by atoms with van der Waals surface area (Å²) >= 11 is 0. The fourth-order valence-electron chi connectivity index (χ4n) is 9.41. The number of carbonyl (C=O) groups excluding carboxylic acids is 3. The zero-order valence-corrected chi connectivity index (χ0v) is 36.5. The normalized spacial score (nSPS) is 38.2. The van der Waals surface area contributed by atoms with Crippen LogP contribution in [-0.2, 0) is 44.8 Å². The number of likely N-dealkylation sites (N-methyl/N-ethyl adjacent to an activating group) is 1. The van der Waals surface area contributed by atoms with Gasteiger partial charge in [-0.3, -0.25) is 14.4 Å². The van der Waals surface area contributed by atoms with E-state index >= 15 is 0 Å². The fourth-order valence-corrected chi connectivity index (χ4v) is 9.41. The number of aromatic nitrogens is 1. The number of amides is 1. The first-order valence-electron chi connectivity index (χ1n) is 20.8. The van der Waals surface area contributed by atoms with Crippen LogP contribution >= 0.6 is 0 Å². The van der Waals surface area contributed by atoms with Crippen molar-refractivity contribution >= 4 is 46.2 Å². The van der Waals surface area contributed by atoms with E-state index in [9.17, 15) is 24.6 Å². The monoisotopic (exact) mass is 827 g/mol. The van der Waals surface area contributed by atoms with Crippen molar-refractivity contribution in [3.8, 4) is 0 Å². The van der Waals surface area contributed by atoms with Gasteiger partial charge in [0.2, 0.25) is 5.91 Å². The molecule has 3 aliphatic rings. The Morgan fingerprint density at radius 1 is 1.12 bits per heavy atom. The van der Waals surface area contributed by atoms with Gasteiger partial charge >= 0.3 is 5.97 Å².